The predicted octanol–water partition coefficient (Wildman–Crippen LogP) is 4.22. The maximum absolute atomic E-state index is 8.74. The van der Waals surface area contributed by atoms with Crippen LogP contribution in [0.2, 0.25) is 5.02 Å². The van der Waals surface area contributed by atoms with E-state index in [-0.39, 0.29) is 0 Å². The summed E-state index contributed by atoms with van der Waals surface area (Å²) >= 11 is 6.03. The Bertz CT molecular complexity index is 575. The largest absolute Gasteiger partial charge is 0.492 e. The standard InChI is InChI=1S/C16H14ClNO/c17-15-11-14(12-18)8-9-16(15)19-10-4-7-13-5-2-1-3-6-13/h1-3,5-6,8-9,11H,4,7,10H2. The van der Waals surface area contributed by atoms with Crippen molar-refractivity contribution in [1.82, 2.24) is 0 Å². The highest BCUT2D eigenvalue weighted by Crippen LogP contribution is 2.25. The molecule has 0 heterocycles. The first-order valence-electron chi connectivity index (χ1n) is 6.16. The molecule has 0 atom stereocenters. The van der Waals surface area contributed by atoms with E-state index in [1.807, 2.05) is 24.3 Å². The lowest BCUT2D eigenvalue weighted by Gasteiger charge is -2.08. The van der Waals surface area contributed by atoms with Crippen LogP contribution in [0.15, 0.2) is 48.5 Å². The van der Waals surface area contributed by atoms with Crippen molar-refractivity contribution in [2.24, 2.45) is 0 Å². The lowest BCUT2D eigenvalue weighted by molar-refractivity contribution is 0.311. The van der Waals surface area contributed by atoms with Crippen LogP contribution in [0.5, 0.6) is 5.75 Å². The summed E-state index contributed by atoms with van der Waals surface area (Å²) in [6, 6.07) is 17.4. The number of aryl methyl sites for hydroxylation is 1. The third-order valence-corrected chi connectivity index (χ3v) is 3.07. The molecule has 19 heavy (non-hydrogen) atoms. The first-order valence-corrected chi connectivity index (χ1v) is 6.54. The van der Waals surface area contributed by atoms with E-state index in [0.29, 0.717) is 22.9 Å². The highest BCUT2D eigenvalue weighted by Gasteiger charge is 2.02. The van der Waals surface area contributed by atoms with Crippen LogP contribution in [0.25, 0.3) is 0 Å². The smallest absolute Gasteiger partial charge is 0.137 e. The zero-order chi connectivity index (χ0) is 13.5. The van der Waals surface area contributed by atoms with Gasteiger partial charge in [-0.25, -0.2) is 0 Å². The van der Waals surface area contributed by atoms with Gasteiger partial charge in [0.2, 0.25) is 0 Å². The molecule has 2 nitrogen and oxygen atoms in total. The second kappa shape index (κ2) is 6.82. The molecule has 0 amide bonds. The molecule has 0 spiro atoms. The molecule has 0 saturated carbocycles. The van der Waals surface area contributed by atoms with Crippen LogP contribution in [-0.2, 0) is 6.42 Å². The van der Waals surface area contributed by atoms with Gasteiger partial charge in [-0.1, -0.05) is 41.9 Å². The predicted molar refractivity (Wildman–Crippen MR) is 76.4 cm³/mol. The Morgan fingerprint density at radius 1 is 1.11 bits per heavy atom. The monoisotopic (exact) mass is 271 g/mol. The minimum absolute atomic E-state index is 0.485. The molecule has 0 aliphatic carbocycles. The van der Waals surface area contributed by atoms with Crippen LogP contribution in [0.1, 0.15) is 17.5 Å². The number of benzene rings is 2. The van der Waals surface area contributed by atoms with Crippen LogP contribution in [0, 0.1) is 11.3 Å². The van der Waals surface area contributed by atoms with E-state index in [1.165, 1.54) is 5.56 Å². The molecular formula is C16H14ClNO. The van der Waals surface area contributed by atoms with Crippen molar-refractivity contribution in [3.63, 3.8) is 0 Å². The number of rotatable bonds is 5. The van der Waals surface area contributed by atoms with Crippen molar-refractivity contribution < 1.29 is 4.74 Å². The van der Waals surface area contributed by atoms with Gasteiger partial charge in [0.1, 0.15) is 5.75 Å². The Labute approximate surface area is 118 Å². The Morgan fingerprint density at radius 2 is 1.89 bits per heavy atom. The molecule has 2 rings (SSSR count). The summed E-state index contributed by atoms with van der Waals surface area (Å²) in [5.41, 5.74) is 1.85. The Hall–Kier alpha value is -1.98. The van der Waals surface area contributed by atoms with Crippen molar-refractivity contribution in [3.8, 4) is 11.8 Å². The Kier molecular flexibility index (Phi) is 4.83. The average molecular weight is 272 g/mol. The lowest BCUT2D eigenvalue weighted by Crippen LogP contribution is -2.00. The van der Waals surface area contributed by atoms with Gasteiger partial charge < -0.3 is 4.74 Å². The number of hydrogen-bond acceptors (Lipinski definition) is 2. The fraction of sp³-hybridized carbons (Fsp3) is 0.188. The molecule has 3 heteroatoms. The number of halogens is 1. The third-order valence-electron chi connectivity index (χ3n) is 2.77. The van der Waals surface area contributed by atoms with Crippen molar-refractivity contribution in [2.45, 2.75) is 12.8 Å². The molecule has 0 unspecified atom stereocenters. The highest BCUT2D eigenvalue weighted by atomic mass is 35.5. The van der Waals surface area contributed by atoms with Crippen LogP contribution >= 0.6 is 11.6 Å². The molecule has 0 N–H and O–H groups in total. The van der Waals surface area contributed by atoms with Crippen LogP contribution in [-0.4, -0.2) is 6.61 Å². The molecule has 0 fully saturated rings. The molecule has 2 aromatic rings. The molecule has 0 aromatic heterocycles. The molecular weight excluding hydrogens is 258 g/mol. The van der Waals surface area contributed by atoms with Gasteiger partial charge in [-0.2, -0.15) is 5.26 Å². The summed E-state index contributed by atoms with van der Waals surface area (Å²) in [6.45, 7) is 0.612. The van der Waals surface area contributed by atoms with Gasteiger partial charge in [0.25, 0.3) is 0 Å². The molecule has 0 saturated heterocycles. The molecule has 0 aliphatic rings. The topological polar surface area (TPSA) is 33.0 Å². The van der Waals surface area contributed by atoms with Crippen LogP contribution in [0.4, 0.5) is 0 Å². The van der Waals surface area contributed by atoms with Crippen LogP contribution < -0.4 is 4.74 Å². The average Bonchev–Trinajstić information content (AvgIpc) is 2.46. The van der Waals surface area contributed by atoms with E-state index in [2.05, 4.69) is 12.1 Å². The van der Waals surface area contributed by atoms with Gasteiger partial charge in [0, 0.05) is 0 Å². The first-order chi connectivity index (χ1) is 9.29. The number of hydrogen-bond donors (Lipinski definition) is 0. The highest BCUT2D eigenvalue weighted by molar-refractivity contribution is 6.32. The van der Waals surface area contributed by atoms with E-state index in [9.17, 15) is 0 Å². The molecule has 96 valence electrons. The first kappa shape index (κ1) is 13.5. The lowest BCUT2D eigenvalue weighted by atomic mass is 10.1. The summed E-state index contributed by atoms with van der Waals surface area (Å²) in [4.78, 5) is 0. The van der Waals surface area contributed by atoms with E-state index in [1.54, 1.807) is 18.2 Å². The fourth-order valence-corrected chi connectivity index (χ4v) is 2.03. The Balaban J connectivity index is 1.82. The minimum atomic E-state index is 0.485. The fourth-order valence-electron chi connectivity index (χ4n) is 1.79. The zero-order valence-corrected chi connectivity index (χ0v) is 11.2. The van der Waals surface area contributed by atoms with Gasteiger partial charge >= 0.3 is 0 Å². The van der Waals surface area contributed by atoms with E-state index in [0.717, 1.165) is 12.8 Å². The van der Waals surface area contributed by atoms with Gasteiger partial charge in [-0.15, -0.1) is 0 Å². The summed E-state index contributed by atoms with van der Waals surface area (Å²) in [5.74, 6) is 0.633. The van der Waals surface area contributed by atoms with Gasteiger partial charge in [0.05, 0.1) is 23.3 Å². The normalized spacial score (nSPS) is 9.89. The molecule has 2 aromatic carbocycles. The second-order valence-corrected chi connectivity index (χ2v) is 4.60. The van der Waals surface area contributed by atoms with Crippen molar-refractivity contribution >= 4 is 11.6 Å². The quantitative estimate of drug-likeness (QED) is 0.763. The van der Waals surface area contributed by atoms with Crippen LogP contribution in [0.3, 0.4) is 0 Å². The van der Waals surface area contributed by atoms with E-state index >= 15 is 0 Å². The number of ether oxygens (including phenoxy) is 1. The maximum Gasteiger partial charge on any atom is 0.137 e. The summed E-state index contributed by atoms with van der Waals surface area (Å²) in [7, 11) is 0. The summed E-state index contributed by atoms with van der Waals surface area (Å²) in [6.07, 6.45) is 1.91. The molecule has 0 radical (unpaired) electrons. The summed E-state index contributed by atoms with van der Waals surface area (Å²) in [5, 5.41) is 9.23. The Morgan fingerprint density at radius 3 is 2.58 bits per heavy atom. The maximum atomic E-state index is 8.74. The van der Waals surface area contributed by atoms with Crippen molar-refractivity contribution in [1.29, 1.82) is 5.26 Å². The van der Waals surface area contributed by atoms with Gasteiger partial charge in [-0.05, 0) is 36.6 Å². The second-order valence-electron chi connectivity index (χ2n) is 4.19. The zero-order valence-electron chi connectivity index (χ0n) is 10.5. The van der Waals surface area contributed by atoms with E-state index in [4.69, 9.17) is 21.6 Å². The SMILES string of the molecule is N#Cc1ccc(OCCCc2ccccc2)c(Cl)c1. The molecule has 0 aliphatic heterocycles. The third kappa shape index (κ3) is 4.01. The number of nitrogens with zero attached hydrogens (tertiary/aromatic N) is 1. The van der Waals surface area contributed by atoms with Gasteiger partial charge in [0.15, 0.2) is 0 Å². The van der Waals surface area contributed by atoms with E-state index < -0.39 is 0 Å². The van der Waals surface area contributed by atoms with Crippen molar-refractivity contribution in [2.75, 3.05) is 6.61 Å². The molecule has 0 bridgehead atoms. The number of nitriles is 1. The van der Waals surface area contributed by atoms with Gasteiger partial charge in [-0.3, -0.25) is 0 Å². The van der Waals surface area contributed by atoms with Crippen molar-refractivity contribution in [3.05, 3.63) is 64.7 Å². The summed E-state index contributed by atoms with van der Waals surface area (Å²) < 4.78 is 5.62. The minimum Gasteiger partial charge on any atom is -0.492 e.